The minimum Gasteiger partial charge on any atom is -0.368 e. The fourth-order valence-electron chi connectivity index (χ4n) is 3.36. The number of anilines is 1. The molecule has 3 N–H and O–H groups in total. The number of nitrogen functional groups attached to an aromatic ring is 1. The number of carbonyl (C=O) groups excluding carboxylic acids is 1. The molecule has 1 unspecified atom stereocenters. The highest BCUT2D eigenvalue weighted by atomic mass is 32.2. The Balaban J connectivity index is 2.07. The summed E-state index contributed by atoms with van der Waals surface area (Å²) in [7, 11) is 0. The molecule has 1 aliphatic heterocycles. The number of nitrogens with two attached hydrogens (primary N) is 1. The lowest BCUT2D eigenvalue weighted by molar-refractivity contribution is -0.503. The van der Waals surface area contributed by atoms with Gasteiger partial charge in [-0.3, -0.25) is 4.79 Å². The van der Waals surface area contributed by atoms with Crippen molar-refractivity contribution in [3.05, 3.63) is 34.2 Å². The SMILES string of the molecule is Cc1cc(C)c2cc1-c1cc(nc(N)n1)SCCNC(=O)CCCC(C)[N+]2=O. The highest BCUT2D eigenvalue weighted by Gasteiger charge is 2.26. The van der Waals surface area contributed by atoms with E-state index in [1.54, 1.807) is 0 Å². The van der Waals surface area contributed by atoms with E-state index >= 15 is 0 Å². The third-order valence-corrected chi connectivity index (χ3v) is 5.79. The Morgan fingerprint density at radius 1 is 1.21 bits per heavy atom. The molecule has 3 rings (SSSR count). The number of fused-ring (bicyclic) bond motifs is 5. The van der Waals surface area contributed by atoms with Crippen LogP contribution in [0.5, 0.6) is 0 Å². The highest BCUT2D eigenvalue weighted by Crippen LogP contribution is 2.32. The van der Waals surface area contributed by atoms with Crippen LogP contribution in [0.3, 0.4) is 0 Å². The van der Waals surface area contributed by atoms with Gasteiger partial charge in [0, 0.05) is 58.9 Å². The van der Waals surface area contributed by atoms with E-state index in [9.17, 15) is 9.70 Å². The molecule has 0 radical (unpaired) electrons. The smallest absolute Gasteiger partial charge is 0.259 e. The molecule has 0 saturated heterocycles. The second-order valence-electron chi connectivity index (χ2n) is 7.17. The third kappa shape index (κ3) is 4.67. The van der Waals surface area contributed by atoms with Crippen LogP contribution in [0.4, 0.5) is 11.6 Å². The fourth-order valence-corrected chi connectivity index (χ4v) is 4.12. The van der Waals surface area contributed by atoms with E-state index in [0.29, 0.717) is 42.9 Å². The zero-order chi connectivity index (χ0) is 20.3. The summed E-state index contributed by atoms with van der Waals surface area (Å²) in [5.74, 6) is 0.901. The molecule has 1 atom stereocenters. The number of hydrogen-bond acceptors (Lipinski definition) is 6. The van der Waals surface area contributed by atoms with E-state index in [0.717, 1.165) is 26.5 Å². The van der Waals surface area contributed by atoms with E-state index in [4.69, 9.17) is 5.73 Å². The summed E-state index contributed by atoms with van der Waals surface area (Å²) in [4.78, 5) is 33.6. The first-order valence-corrected chi connectivity index (χ1v) is 10.5. The van der Waals surface area contributed by atoms with Crippen molar-refractivity contribution in [1.82, 2.24) is 15.3 Å². The molecular weight excluding hydrogens is 374 g/mol. The molecule has 4 bridgehead atoms. The predicted molar refractivity (Wildman–Crippen MR) is 112 cm³/mol. The van der Waals surface area contributed by atoms with Crippen molar-refractivity contribution < 1.29 is 9.55 Å². The zero-order valence-electron chi connectivity index (χ0n) is 16.5. The lowest BCUT2D eigenvalue weighted by atomic mass is 10.00. The first-order valence-electron chi connectivity index (χ1n) is 9.47. The molecule has 28 heavy (non-hydrogen) atoms. The van der Waals surface area contributed by atoms with Gasteiger partial charge in [0.05, 0.1) is 5.69 Å². The second-order valence-corrected chi connectivity index (χ2v) is 8.28. The van der Waals surface area contributed by atoms with Crippen LogP contribution in [-0.4, -0.2) is 39.0 Å². The molecule has 0 fully saturated rings. The number of benzene rings is 1. The zero-order valence-corrected chi connectivity index (χ0v) is 17.3. The van der Waals surface area contributed by atoms with Crippen molar-refractivity contribution in [3.8, 4) is 11.3 Å². The van der Waals surface area contributed by atoms with Gasteiger partial charge in [-0.2, -0.15) is 0 Å². The summed E-state index contributed by atoms with van der Waals surface area (Å²) in [5, 5.41) is 3.66. The lowest BCUT2D eigenvalue weighted by Gasteiger charge is -2.12. The average molecular weight is 401 g/mol. The van der Waals surface area contributed by atoms with Crippen LogP contribution in [0.25, 0.3) is 11.3 Å². The number of rotatable bonds is 0. The molecule has 2 aromatic rings. The van der Waals surface area contributed by atoms with Crippen molar-refractivity contribution >= 4 is 29.3 Å². The number of nitrogens with zero attached hydrogens (tertiary/aromatic N) is 3. The maximum Gasteiger partial charge on any atom is 0.259 e. The molecule has 7 nitrogen and oxygen atoms in total. The van der Waals surface area contributed by atoms with Crippen LogP contribution >= 0.6 is 11.8 Å². The third-order valence-electron chi connectivity index (χ3n) is 4.88. The van der Waals surface area contributed by atoms with Gasteiger partial charge in [-0.1, -0.05) is 0 Å². The Morgan fingerprint density at radius 2 is 2.00 bits per heavy atom. The number of amides is 1. The van der Waals surface area contributed by atoms with E-state index in [-0.39, 0.29) is 17.9 Å². The van der Waals surface area contributed by atoms with Gasteiger partial charge in [0.2, 0.25) is 17.9 Å². The molecule has 0 aliphatic carbocycles. The Bertz CT molecular complexity index is 916. The summed E-state index contributed by atoms with van der Waals surface area (Å²) >= 11 is 1.52. The Hall–Kier alpha value is -2.48. The highest BCUT2D eigenvalue weighted by molar-refractivity contribution is 7.99. The van der Waals surface area contributed by atoms with Crippen molar-refractivity contribution in [2.75, 3.05) is 18.0 Å². The maximum absolute atomic E-state index is 13.0. The van der Waals surface area contributed by atoms with Gasteiger partial charge in [-0.15, -0.1) is 11.8 Å². The van der Waals surface area contributed by atoms with Crippen molar-refractivity contribution in [1.29, 1.82) is 0 Å². The van der Waals surface area contributed by atoms with Crippen molar-refractivity contribution in [3.63, 3.8) is 0 Å². The number of carbonyl (C=O) groups is 1. The summed E-state index contributed by atoms with van der Waals surface area (Å²) in [6.45, 7) is 6.39. The van der Waals surface area contributed by atoms with Gasteiger partial charge >= 0.3 is 0 Å². The molecule has 8 heteroatoms. The normalized spacial score (nSPS) is 18.6. The number of nitroso groups, excluding NO2 is 1. The molecule has 0 saturated carbocycles. The first kappa shape index (κ1) is 20.3. The number of nitrogens with one attached hydrogen (secondary N) is 1. The van der Waals surface area contributed by atoms with Crippen LogP contribution in [0, 0.1) is 18.8 Å². The standard InChI is InChI=1S/C20H25N5O2S/c1-12-9-13(2)17-10-15(12)16-11-19(24-20(21)23-16)28-8-7-22-18(26)6-4-5-14(3)25(17)27/h9-11,14H,4-8H2,1-3H3,(H2-,21,22,23,24,26)/p+1. The molecule has 1 aromatic carbocycles. The van der Waals surface area contributed by atoms with Gasteiger partial charge in [0.1, 0.15) is 5.03 Å². The summed E-state index contributed by atoms with van der Waals surface area (Å²) in [5.41, 5.74) is 10.1. The number of aromatic nitrogens is 2. The molecule has 0 spiro atoms. The van der Waals surface area contributed by atoms with Crippen LogP contribution in [0.15, 0.2) is 23.2 Å². The Labute approximate surface area is 169 Å². The van der Waals surface area contributed by atoms with Crippen LogP contribution in [0.1, 0.15) is 37.3 Å². The van der Waals surface area contributed by atoms with Gasteiger partial charge in [-0.05, 0) is 38.0 Å². The van der Waals surface area contributed by atoms with E-state index in [1.807, 2.05) is 39.0 Å². The number of aryl methyl sites for hydroxylation is 2. The Morgan fingerprint density at radius 3 is 2.79 bits per heavy atom. The van der Waals surface area contributed by atoms with Gasteiger partial charge < -0.3 is 11.1 Å². The van der Waals surface area contributed by atoms with Gasteiger partial charge in [0.25, 0.3) is 5.69 Å². The summed E-state index contributed by atoms with van der Waals surface area (Å²) in [6, 6.07) is 5.55. The Kier molecular flexibility index (Phi) is 6.28. The molecule has 2 heterocycles. The minimum absolute atomic E-state index is 0.00837. The monoisotopic (exact) mass is 400 g/mol. The lowest BCUT2D eigenvalue weighted by Crippen LogP contribution is -2.26. The summed E-state index contributed by atoms with van der Waals surface area (Å²) < 4.78 is 1.04. The van der Waals surface area contributed by atoms with E-state index in [2.05, 4.69) is 15.3 Å². The maximum atomic E-state index is 13.0. The number of thioether (sulfide) groups is 1. The second kappa shape index (κ2) is 8.68. The molecule has 1 aromatic heterocycles. The van der Waals surface area contributed by atoms with Gasteiger partial charge in [0.15, 0.2) is 0 Å². The number of hydrogen-bond donors (Lipinski definition) is 2. The topological polar surface area (TPSA) is 101 Å². The average Bonchev–Trinajstić information content (AvgIpc) is 2.63. The quantitative estimate of drug-likeness (QED) is 0.518. The summed E-state index contributed by atoms with van der Waals surface area (Å²) in [6.07, 6.45) is 1.75. The molecule has 1 amide bonds. The fraction of sp³-hybridized carbons (Fsp3) is 0.450. The van der Waals surface area contributed by atoms with E-state index < -0.39 is 0 Å². The van der Waals surface area contributed by atoms with E-state index in [1.165, 1.54) is 11.8 Å². The van der Waals surface area contributed by atoms with Crippen LogP contribution < -0.4 is 11.1 Å². The van der Waals surface area contributed by atoms with Gasteiger partial charge in [-0.25, -0.2) is 9.97 Å². The molecule has 148 valence electrons. The van der Waals surface area contributed by atoms with Crippen LogP contribution in [0.2, 0.25) is 0 Å². The van der Waals surface area contributed by atoms with Crippen LogP contribution in [-0.2, 0) is 4.79 Å². The largest absolute Gasteiger partial charge is 0.368 e. The molecular formula is C20H26N5O2S+. The van der Waals surface area contributed by atoms with Crippen molar-refractivity contribution in [2.45, 2.75) is 51.1 Å². The van der Waals surface area contributed by atoms with Crippen molar-refractivity contribution in [2.24, 2.45) is 0 Å². The first-order chi connectivity index (χ1) is 13.3. The minimum atomic E-state index is -0.225. The molecule has 1 aliphatic rings. The predicted octanol–water partition coefficient (Wildman–Crippen LogP) is 3.53.